The molecule has 4 nitrogen and oxygen atoms in total. The molecule has 0 saturated carbocycles. The number of benzene rings is 2. The lowest BCUT2D eigenvalue weighted by Gasteiger charge is -2.06. The Kier molecular flexibility index (Phi) is 4.98. The normalized spacial score (nSPS) is 11.5. The van der Waals surface area contributed by atoms with Gasteiger partial charge in [0.15, 0.2) is 0 Å². The molecule has 3 aromatic rings. The topological polar surface area (TPSA) is 48.2 Å². The zero-order chi connectivity index (χ0) is 17.9. The lowest BCUT2D eigenvalue weighted by molar-refractivity contribution is -0.137. The largest absolute Gasteiger partial charge is 0.497 e. The maximum Gasteiger partial charge on any atom is 0.416 e. The highest BCUT2D eigenvalue weighted by Crippen LogP contribution is 2.32. The van der Waals surface area contributed by atoms with Crippen LogP contribution < -0.4 is 4.74 Å². The maximum atomic E-state index is 12.8. The first-order valence-corrected chi connectivity index (χ1v) is 8.21. The Morgan fingerprint density at radius 1 is 1.12 bits per heavy atom. The summed E-state index contributed by atoms with van der Waals surface area (Å²) >= 11 is 1.48. The summed E-state index contributed by atoms with van der Waals surface area (Å²) in [6.45, 7) is 0. The molecular weight excluding hydrogens is 353 g/mol. The minimum absolute atomic E-state index is 0.136. The number of alkyl halides is 3. The van der Waals surface area contributed by atoms with Gasteiger partial charge in [0.05, 0.1) is 18.4 Å². The van der Waals surface area contributed by atoms with E-state index < -0.39 is 11.7 Å². The minimum atomic E-state index is -4.41. The van der Waals surface area contributed by atoms with Crippen LogP contribution in [0.3, 0.4) is 0 Å². The van der Waals surface area contributed by atoms with E-state index in [4.69, 9.17) is 9.26 Å². The average Bonchev–Trinajstić information content (AvgIpc) is 3.09. The quantitative estimate of drug-likeness (QED) is 0.591. The highest BCUT2D eigenvalue weighted by molar-refractivity contribution is 7.98. The lowest BCUT2D eigenvalue weighted by atomic mass is 10.1. The first-order valence-electron chi connectivity index (χ1n) is 7.23. The molecular formula is C17H13F3N2O2S. The molecule has 0 aliphatic carbocycles. The van der Waals surface area contributed by atoms with Gasteiger partial charge in [-0.3, -0.25) is 0 Å². The summed E-state index contributed by atoms with van der Waals surface area (Å²) in [4.78, 5) is 5.15. The molecule has 0 saturated heterocycles. The second kappa shape index (κ2) is 7.18. The van der Waals surface area contributed by atoms with Crippen LogP contribution >= 0.6 is 11.8 Å². The predicted molar refractivity (Wildman–Crippen MR) is 87.3 cm³/mol. The molecule has 1 aromatic heterocycles. The molecule has 0 N–H and O–H groups in total. The smallest absolute Gasteiger partial charge is 0.416 e. The second-order valence-corrected chi connectivity index (χ2v) is 6.10. The first-order chi connectivity index (χ1) is 12.0. The van der Waals surface area contributed by atoms with Crippen molar-refractivity contribution in [3.05, 3.63) is 60.0 Å². The Hall–Kier alpha value is -2.48. The summed E-state index contributed by atoms with van der Waals surface area (Å²) in [7, 11) is 1.59. The van der Waals surface area contributed by atoms with Gasteiger partial charge in [-0.1, -0.05) is 17.3 Å². The summed E-state index contributed by atoms with van der Waals surface area (Å²) in [6.07, 6.45) is -4.41. The van der Waals surface area contributed by atoms with Crippen LogP contribution in [0.5, 0.6) is 5.75 Å². The first kappa shape index (κ1) is 17.3. The number of hydrogen-bond donors (Lipinski definition) is 0. The SMILES string of the molecule is COc1ccc(SCc2nc(-c3cccc(C(F)(F)F)c3)no2)cc1. The molecule has 0 bridgehead atoms. The summed E-state index contributed by atoms with van der Waals surface area (Å²) in [5, 5.41) is 3.76. The van der Waals surface area contributed by atoms with Gasteiger partial charge < -0.3 is 9.26 Å². The van der Waals surface area contributed by atoms with Crippen molar-refractivity contribution in [2.75, 3.05) is 7.11 Å². The van der Waals surface area contributed by atoms with Crippen LogP contribution in [0.1, 0.15) is 11.5 Å². The van der Waals surface area contributed by atoms with Gasteiger partial charge in [-0.05, 0) is 36.4 Å². The monoisotopic (exact) mass is 366 g/mol. The fourth-order valence-corrected chi connectivity index (χ4v) is 2.82. The van der Waals surface area contributed by atoms with E-state index in [1.54, 1.807) is 7.11 Å². The third kappa shape index (κ3) is 4.33. The van der Waals surface area contributed by atoms with Gasteiger partial charge in [0, 0.05) is 10.5 Å². The molecule has 0 aliphatic rings. The van der Waals surface area contributed by atoms with Gasteiger partial charge in [0.1, 0.15) is 5.75 Å². The molecule has 0 aliphatic heterocycles. The van der Waals surface area contributed by atoms with Crippen LogP contribution in [0.15, 0.2) is 57.9 Å². The van der Waals surface area contributed by atoms with Crippen molar-refractivity contribution in [1.29, 1.82) is 0 Å². The minimum Gasteiger partial charge on any atom is -0.497 e. The van der Waals surface area contributed by atoms with E-state index in [1.165, 1.54) is 23.9 Å². The molecule has 0 atom stereocenters. The number of halogens is 3. The number of nitrogens with zero attached hydrogens (tertiary/aromatic N) is 2. The van der Waals surface area contributed by atoms with Gasteiger partial charge in [-0.2, -0.15) is 18.2 Å². The van der Waals surface area contributed by atoms with Crippen molar-refractivity contribution in [3.63, 3.8) is 0 Å². The van der Waals surface area contributed by atoms with Crippen molar-refractivity contribution in [3.8, 4) is 17.1 Å². The highest BCUT2D eigenvalue weighted by atomic mass is 32.2. The number of methoxy groups -OCH3 is 1. The fraction of sp³-hybridized carbons (Fsp3) is 0.176. The Morgan fingerprint density at radius 2 is 1.88 bits per heavy atom. The molecule has 2 aromatic carbocycles. The highest BCUT2D eigenvalue weighted by Gasteiger charge is 2.30. The molecule has 3 rings (SSSR count). The van der Waals surface area contributed by atoms with E-state index >= 15 is 0 Å². The van der Waals surface area contributed by atoms with Crippen molar-refractivity contribution < 1.29 is 22.4 Å². The van der Waals surface area contributed by atoms with E-state index in [2.05, 4.69) is 10.1 Å². The van der Waals surface area contributed by atoms with Gasteiger partial charge in [0.25, 0.3) is 0 Å². The zero-order valence-electron chi connectivity index (χ0n) is 13.1. The van der Waals surface area contributed by atoms with Crippen molar-refractivity contribution in [2.24, 2.45) is 0 Å². The number of rotatable bonds is 5. The number of thioether (sulfide) groups is 1. The Morgan fingerprint density at radius 3 is 2.56 bits per heavy atom. The molecule has 0 spiro atoms. The third-order valence-electron chi connectivity index (χ3n) is 3.34. The fourth-order valence-electron chi connectivity index (χ4n) is 2.08. The van der Waals surface area contributed by atoms with Gasteiger partial charge in [-0.15, -0.1) is 11.8 Å². The van der Waals surface area contributed by atoms with Crippen LogP contribution in [-0.2, 0) is 11.9 Å². The van der Waals surface area contributed by atoms with E-state index in [0.717, 1.165) is 22.8 Å². The molecule has 0 fully saturated rings. The summed E-state index contributed by atoms with van der Waals surface area (Å²) in [5.41, 5.74) is -0.483. The van der Waals surface area contributed by atoms with Crippen LogP contribution in [0.2, 0.25) is 0 Å². The van der Waals surface area contributed by atoms with Crippen LogP contribution in [-0.4, -0.2) is 17.3 Å². The standard InChI is InChI=1S/C17H13F3N2O2S/c1-23-13-5-7-14(8-6-13)25-10-15-21-16(22-24-15)11-3-2-4-12(9-11)17(18,19)20/h2-9H,10H2,1H3. The molecule has 0 radical (unpaired) electrons. The number of ether oxygens (including phenoxy) is 1. The van der Waals surface area contributed by atoms with E-state index in [0.29, 0.717) is 11.6 Å². The van der Waals surface area contributed by atoms with Crippen LogP contribution in [0.4, 0.5) is 13.2 Å². The molecule has 8 heteroatoms. The summed E-state index contributed by atoms with van der Waals surface area (Å²) in [6, 6.07) is 12.3. The molecule has 1 heterocycles. The zero-order valence-corrected chi connectivity index (χ0v) is 13.9. The summed E-state index contributed by atoms with van der Waals surface area (Å²) < 4.78 is 48.5. The molecule has 0 unspecified atom stereocenters. The Bertz CT molecular complexity index is 848. The summed E-state index contributed by atoms with van der Waals surface area (Å²) in [5.74, 6) is 1.65. The van der Waals surface area contributed by atoms with Gasteiger partial charge in [0.2, 0.25) is 11.7 Å². The van der Waals surface area contributed by atoms with Crippen LogP contribution in [0.25, 0.3) is 11.4 Å². The van der Waals surface area contributed by atoms with E-state index in [9.17, 15) is 13.2 Å². The Labute approximate surface area is 146 Å². The van der Waals surface area contributed by atoms with Crippen molar-refractivity contribution in [1.82, 2.24) is 10.1 Å². The lowest BCUT2D eigenvalue weighted by Crippen LogP contribution is -2.04. The van der Waals surface area contributed by atoms with E-state index in [-0.39, 0.29) is 11.4 Å². The predicted octanol–water partition coefficient (Wildman–Crippen LogP) is 5.06. The molecule has 0 amide bonds. The molecule has 25 heavy (non-hydrogen) atoms. The third-order valence-corrected chi connectivity index (χ3v) is 4.33. The number of aromatic nitrogens is 2. The van der Waals surface area contributed by atoms with Crippen LogP contribution in [0, 0.1) is 0 Å². The van der Waals surface area contributed by atoms with Gasteiger partial charge in [-0.25, -0.2) is 0 Å². The second-order valence-electron chi connectivity index (χ2n) is 5.05. The van der Waals surface area contributed by atoms with Gasteiger partial charge >= 0.3 is 6.18 Å². The van der Waals surface area contributed by atoms with E-state index in [1.807, 2.05) is 24.3 Å². The average molecular weight is 366 g/mol. The maximum absolute atomic E-state index is 12.8. The van der Waals surface area contributed by atoms with Crippen molar-refractivity contribution >= 4 is 11.8 Å². The Balaban J connectivity index is 1.70. The molecule has 130 valence electrons. The number of hydrogen-bond acceptors (Lipinski definition) is 5. The van der Waals surface area contributed by atoms with Crippen molar-refractivity contribution in [2.45, 2.75) is 16.8 Å².